The van der Waals surface area contributed by atoms with Gasteiger partial charge in [-0.15, -0.1) is 0 Å². The molecule has 0 unspecified atom stereocenters. The zero-order valence-corrected chi connectivity index (χ0v) is 19.4. The van der Waals surface area contributed by atoms with Crippen molar-refractivity contribution in [1.29, 1.82) is 0 Å². The molecule has 0 aliphatic carbocycles. The van der Waals surface area contributed by atoms with Gasteiger partial charge in [-0.1, -0.05) is 29.8 Å². The first-order valence-corrected chi connectivity index (χ1v) is 10.8. The maximum atomic E-state index is 12.3. The lowest BCUT2D eigenvalue weighted by Gasteiger charge is -2.11. The molecule has 3 aromatic carbocycles. The molecule has 31 heavy (non-hydrogen) atoms. The molecule has 4 rings (SSSR count). The van der Waals surface area contributed by atoms with Gasteiger partial charge in [0.05, 0.1) is 7.11 Å². The Morgan fingerprint density at radius 1 is 1.06 bits per heavy atom. The van der Waals surface area contributed by atoms with Crippen molar-refractivity contribution in [3.05, 3.63) is 97.7 Å². The van der Waals surface area contributed by atoms with Crippen molar-refractivity contribution < 1.29 is 19.0 Å². The smallest absolute Gasteiger partial charge is 0.363 e. The zero-order valence-electron chi connectivity index (χ0n) is 16.5. The number of hydrogen-bond acceptors (Lipinski definition) is 5. The van der Waals surface area contributed by atoms with E-state index in [9.17, 15) is 4.79 Å². The van der Waals surface area contributed by atoms with Crippen LogP contribution in [0.5, 0.6) is 11.5 Å². The highest BCUT2D eigenvalue weighted by atomic mass is 127. The molecule has 156 valence electrons. The molecular weight excluding hydrogens is 529 g/mol. The number of halogens is 2. The van der Waals surface area contributed by atoms with Crippen LogP contribution in [0.2, 0.25) is 5.02 Å². The summed E-state index contributed by atoms with van der Waals surface area (Å²) in [6.07, 6.45) is 1.66. The number of aliphatic imine (C=N–C) groups is 1. The van der Waals surface area contributed by atoms with Gasteiger partial charge in [-0.25, -0.2) is 9.79 Å². The topological polar surface area (TPSA) is 57.1 Å². The largest absolute Gasteiger partial charge is 0.493 e. The average Bonchev–Trinajstić information content (AvgIpc) is 3.13. The van der Waals surface area contributed by atoms with E-state index in [1.54, 1.807) is 25.3 Å². The SMILES string of the molecule is COc1cc(/C=C2\N=C(c3ccc(I)cc3)OC2=O)ccc1OCc1cccc(Cl)c1. The van der Waals surface area contributed by atoms with Crippen molar-refractivity contribution >= 4 is 52.1 Å². The summed E-state index contributed by atoms with van der Waals surface area (Å²) in [4.78, 5) is 16.6. The summed E-state index contributed by atoms with van der Waals surface area (Å²) in [6, 6.07) is 20.5. The summed E-state index contributed by atoms with van der Waals surface area (Å²) in [5.74, 6) is 0.932. The third kappa shape index (κ3) is 5.26. The van der Waals surface area contributed by atoms with Crippen molar-refractivity contribution in [3.8, 4) is 11.5 Å². The number of benzene rings is 3. The fourth-order valence-electron chi connectivity index (χ4n) is 2.96. The Balaban J connectivity index is 1.53. The van der Waals surface area contributed by atoms with E-state index in [-0.39, 0.29) is 5.70 Å². The minimum Gasteiger partial charge on any atom is -0.493 e. The van der Waals surface area contributed by atoms with E-state index in [0.717, 1.165) is 20.3 Å². The second-order valence-corrected chi connectivity index (χ2v) is 8.35. The van der Waals surface area contributed by atoms with E-state index in [1.807, 2.05) is 54.6 Å². The number of methoxy groups -OCH3 is 1. The van der Waals surface area contributed by atoms with Gasteiger partial charge in [0.2, 0.25) is 5.90 Å². The summed E-state index contributed by atoms with van der Waals surface area (Å²) < 4.78 is 17.7. The quantitative estimate of drug-likeness (QED) is 0.221. The third-order valence-electron chi connectivity index (χ3n) is 4.49. The summed E-state index contributed by atoms with van der Waals surface area (Å²) in [5.41, 5.74) is 2.67. The van der Waals surface area contributed by atoms with Crippen molar-refractivity contribution in [2.45, 2.75) is 6.61 Å². The lowest BCUT2D eigenvalue weighted by molar-refractivity contribution is -0.129. The predicted octanol–water partition coefficient (Wildman–Crippen LogP) is 5.88. The number of nitrogens with zero attached hydrogens (tertiary/aromatic N) is 1. The minimum atomic E-state index is -0.492. The Bertz CT molecular complexity index is 1190. The second kappa shape index (κ2) is 9.53. The second-order valence-electron chi connectivity index (χ2n) is 6.67. The molecular formula is C24H17ClINO4. The van der Waals surface area contributed by atoms with Crippen LogP contribution >= 0.6 is 34.2 Å². The van der Waals surface area contributed by atoms with Crippen LogP contribution in [-0.2, 0) is 16.1 Å². The summed E-state index contributed by atoms with van der Waals surface area (Å²) in [5, 5.41) is 0.656. The maximum absolute atomic E-state index is 12.3. The Morgan fingerprint density at radius 2 is 1.87 bits per heavy atom. The number of esters is 1. The van der Waals surface area contributed by atoms with Crippen LogP contribution in [0.15, 0.2) is 77.4 Å². The van der Waals surface area contributed by atoms with Crippen LogP contribution < -0.4 is 9.47 Å². The summed E-state index contributed by atoms with van der Waals surface area (Å²) in [7, 11) is 1.56. The maximum Gasteiger partial charge on any atom is 0.363 e. The fraction of sp³-hybridized carbons (Fsp3) is 0.0833. The zero-order chi connectivity index (χ0) is 21.8. The molecule has 7 heteroatoms. The first kappa shape index (κ1) is 21.4. The van der Waals surface area contributed by atoms with Crippen LogP contribution in [-0.4, -0.2) is 19.0 Å². The Labute approximate surface area is 198 Å². The predicted molar refractivity (Wildman–Crippen MR) is 129 cm³/mol. The van der Waals surface area contributed by atoms with Gasteiger partial charge in [0.15, 0.2) is 17.2 Å². The van der Waals surface area contributed by atoms with Gasteiger partial charge in [0, 0.05) is 14.2 Å². The molecule has 5 nitrogen and oxygen atoms in total. The van der Waals surface area contributed by atoms with Crippen molar-refractivity contribution in [2.75, 3.05) is 7.11 Å². The van der Waals surface area contributed by atoms with Crippen LogP contribution in [0.4, 0.5) is 0 Å². The molecule has 0 saturated carbocycles. The molecule has 1 aliphatic heterocycles. The van der Waals surface area contributed by atoms with E-state index >= 15 is 0 Å². The van der Waals surface area contributed by atoms with E-state index in [4.69, 9.17) is 25.8 Å². The molecule has 1 aliphatic rings. The number of hydrogen-bond donors (Lipinski definition) is 0. The van der Waals surface area contributed by atoms with Crippen molar-refractivity contribution in [2.24, 2.45) is 4.99 Å². The van der Waals surface area contributed by atoms with E-state index in [2.05, 4.69) is 27.6 Å². The average molecular weight is 546 g/mol. The highest BCUT2D eigenvalue weighted by molar-refractivity contribution is 14.1. The van der Waals surface area contributed by atoms with E-state index in [0.29, 0.717) is 29.0 Å². The van der Waals surface area contributed by atoms with Gasteiger partial charge >= 0.3 is 5.97 Å². The lowest BCUT2D eigenvalue weighted by Crippen LogP contribution is -2.05. The van der Waals surface area contributed by atoms with Crippen LogP contribution in [0, 0.1) is 3.57 Å². The Kier molecular flexibility index (Phi) is 6.58. The number of ether oxygens (including phenoxy) is 3. The van der Waals surface area contributed by atoms with Gasteiger partial charge in [-0.3, -0.25) is 0 Å². The molecule has 0 aromatic heterocycles. The van der Waals surface area contributed by atoms with Gasteiger partial charge in [0.25, 0.3) is 0 Å². The first-order valence-electron chi connectivity index (χ1n) is 9.35. The number of rotatable bonds is 6. The van der Waals surface area contributed by atoms with Crippen LogP contribution in [0.25, 0.3) is 6.08 Å². The Morgan fingerprint density at radius 3 is 2.61 bits per heavy atom. The van der Waals surface area contributed by atoms with Gasteiger partial charge in [0.1, 0.15) is 6.61 Å². The van der Waals surface area contributed by atoms with Crippen molar-refractivity contribution in [1.82, 2.24) is 0 Å². The number of cyclic esters (lactones) is 1. The molecule has 0 amide bonds. The summed E-state index contributed by atoms with van der Waals surface area (Å²) >= 11 is 8.24. The molecule has 1 heterocycles. The third-order valence-corrected chi connectivity index (χ3v) is 5.44. The minimum absolute atomic E-state index is 0.225. The van der Waals surface area contributed by atoms with Gasteiger partial charge < -0.3 is 14.2 Å². The van der Waals surface area contributed by atoms with Crippen molar-refractivity contribution in [3.63, 3.8) is 0 Å². The molecule has 0 N–H and O–H groups in total. The molecule has 0 fully saturated rings. The molecule has 0 saturated heterocycles. The molecule has 0 bridgehead atoms. The van der Waals surface area contributed by atoms with E-state index < -0.39 is 5.97 Å². The Hall–Kier alpha value is -2.84. The standard InChI is InChI=1S/C24H17ClINO4/c1-29-22-13-15(5-10-21(22)30-14-16-3-2-4-18(25)11-16)12-20-24(28)31-23(27-20)17-6-8-19(26)9-7-17/h2-13H,14H2,1H3/b20-12-. The monoisotopic (exact) mass is 545 g/mol. The molecule has 0 spiro atoms. The lowest BCUT2D eigenvalue weighted by atomic mass is 10.1. The fourth-order valence-corrected chi connectivity index (χ4v) is 3.54. The number of carbonyl (C=O) groups is 1. The molecule has 3 aromatic rings. The van der Waals surface area contributed by atoms with Crippen LogP contribution in [0.1, 0.15) is 16.7 Å². The highest BCUT2D eigenvalue weighted by Crippen LogP contribution is 2.30. The van der Waals surface area contributed by atoms with Gasteiger partial charge in [-0.05, 0) is 88.3 Å². The molecule has 0 atom stereocenters. The van der Waals surface area contributed by atoms with Gasteiger partial charge in [-0.2, -0.15) is 0 Å². The summed E-state index contributed by atoms with van der Waals surface area (Å²) in [6.45, 7) is 0.355. The normalized spacial score (nSPS) is 14.4. The highest BCUT2D eigenvalue weighted by Gasteiger charge is 2.24. The van der Waals surface area contributed by atoms with E-state index in [1.165, 1.54) is 0 Å². The number of carbonyl (C=O) groups excluding carboxylic acids is 1. The first-order chi connectivity index (χ1) is 15.0. The van der Waals surface area contributed by atoms with Crippen LogP contribution in [0.3, 0.4) is 0 Å². The molecule has 0 radical (unpaired) electrons.